The number of carboxylic acids is 1. The highest BCUT2D eigenvalue weighted by atomic mass is 16.5. The van der Waals surface area contributed by atoms with E-state index in [1.54, 1.807) is 0 Å². The summed E-state index contributed by atoms with van der Waals surface area (Å²) >= 11 is 0. The third-order valence-corrected chi connectivity index (χ3v) is 2.53. The second-order valence-electron chi connectivity index (χ2n) is 4.14. The summed E-state index contributed by atoms with van der Waals surface area (Å²) in [6.45, 7) is 3.89. The van der Waals surface area contributed by atoms with E-state index in [2.05, 4.69) is 0 Å². The van der Waals surface area contributed by atoms with Gasteiger partial charge in [0.25, 0.3) is 0 Å². The fraction of sp³-hybridized carbons (Fsp3) is 0.538. The minimum atomic E-state index is -1.01. The summed E-state index contributed by atoms with van der Waals surface area (Å²) in [5.41, 5.74) is 1.58. The summed E-state index contributed by atoms with van der Waals surface area (Å²) in [5.74, 6) is -1.41. The van der Waals surface area contributed by atoms with Crippen LogP contribution in [0.15, 0.2) is 22.8 Å². The lowest BCUT2D eigenvalue weighted by molar-refractivity contribution is -0.138. The van der Waals surface area contributed by atoms with E-state index in [0.29, 0.717) is 12.2 Å². The zero-order chi connectivity index (χ0) is 12.8. The van der Waals surface area contributed by atoms with Crippen LogP contribution in [0.5, 0.6) is 0 Å². The molecule has 0 amide bonds. The Bertz CT molecular complexity index is 371. The highest BCUT2D eigenvalue weighted by Crippen LogP contribution is 2.33. The molecule has 0 radical (unpaired) electrons. The molecule has 0 saturated heterocycles. The largest absolute Gasteiger partial charge is 0.478 e. The molecule has 0 spiro atoms. The third-order valence-electron chi connectivity index (χ3n) is 2.53. The third kappa shape index (κ3) is 4.43. The smallest absolute Gasteiger partial charge is 0.338 e. The summed E-state index contributed by atoms with van der Waals surface area (Å²) in [6, 6.07) is 0. The summed E-state index contributed by atoms with van der Waals surface area (Å²) < 4.78 is 5.09. The lowest BCUT2D eigenvalue weighted by Gasteiger charge is -2.05. The summed E-state index contributed by atoms with van der Waals surface area (Å²) in [6.07, 6.45) is 4.93. The number of hydrogen-bond donors (Lipinski definition) is 1. The van der Waals surface area contributed by atoms with Crippen molar-refractivity contribution in [1.82, 2.24) is 0 Å². The number of unbranched alkanes of at least 4 members (excludes halogenated alkanes) is 1. The molecule has 1 fully saturated rings. The van der Waals surface area contributed by atoms with E-state index in [1.165, 1.54) is 13.0 Å². The van der Waals surface area contributed by atoms with Gasteiger partial charge >= 0.3 is 11.9 Å². The molecule has 0 unspecified atom stereocenters. The second-order valence-corrected chi connectivity index (χ2v) is 4.14. The Balaban J connectivity index is 2.69. The highest BCUT2D eigenvalue weighted by molar-refractivity contribution is 5.96. The first-order valence-corrected chi connectivity index (χ1v) is 5.87. The van der Waals surface area contributed by atoms with E-state index < -0.39 is 11.9 Å². The molecular weight excluding hydrogens is 220 g/mol. The Morgan fingerprint density at radius 2 is 2.06 bits per heavy atom. The van der Waals surface area contributed by atoms with Crippen molar-refractivity contribution >= 4 is 11.9 Å². The van der Waals surface area contributed by atoms with Crippen LogP contribution >= 0.6 is 0 Å². The van der Waals surface area contributed by atoms with Gasteiger partial charge in [-0.15, -0.1) is 0 Å². The van der Waals surface area contributed by atoms with Crippen LogP contribution in [0.2, 0.25) is 0 Å². The number of carbonyl (C=O) groups is 2. The van der Waals surface area contributed by atoms with Crippen LogP contribution in [0.1, 0.15) is 39.5 Å². The number of esters is 1. The first kappa shape index (κ1) is 13.5. The average molecular weight is 238 g/mol. The van der Waals surface area contributed by atoms with E-state index in [1.807, 2.05) is 6.92 Å². The van der Waals surface area contributed by atoms with Gasteiger partial charge in [-0.2, -0.15) is 0 Å². The average Bonchev–Trinajstić information content (AvgIpc) is 3.09. The van der Waals surface area contributed by atoms with E-state index >= 15 is 0 Å². The maximum atomic E-state index is 11.7. The van der Waals surface area contributed by atoms with Gasteiger partial charge in [0.2, 0.25) is 0 Å². The zero-order valence-corrected chi connectivity index (χ0v) is 10.3. The number of rotatable bonds is 6. The van der Waals surface area contributed by atoms with Crippen LogP contribution in [0, 0.1) is 0 Å². The number of carboxylic acid groups (broad SMARTS) is 1. The number of hydrogen-bond acceptors (Lipinski definition) is 3. The number of aliphatic carboxylic acids is 1. The minimum Gasteiger partial charge on any atom is -0.478 e. The van der Waals surface area contributed by atoms with E-state index in [4.69, 9.17) is 9.84 Å². The molecule has 0 aromatic carbocycles. The molecule has 17 heavy (non-hydrogen) atoms. The Labute approximate surface area is 101 Å². The topological polar surface area (TPSA) is 63.6 Å². The lowest BCUT2D eigenvalue weighted by atomic mass is 10.1. The Hall–Kier alpha value is -1.58. The van der Waals surface area contributed by atoms with Gasteiger partial charge in [0.1, 0.15) is 0 Å². The molecule has 1 aliphatic rings. The molecule has 1 N–H and O–H groups in total. The van der Waals surface area contributed by atoms with Crippen LogP contribution in [-0.4, -0.2) is 23.7 Å². The molecule has 1 saturated carbocycles. The van der Waals surface area contributed by atoms with Gasteiger partial charge in [0.15, 0.2) is 0 Å². The van der Waals surface area contributed by atoms with E-state index in [0.717, 1.165) is 31.3 Å². The lowest BCUT2D eigenvalue weighted by Crippen LogP contribution is -2.09. The van der Waals surface area contributed by atoms with Gasteiger partial charge in [-0.25, -0.2) is 9.59 Å². The van der Waals surface area contributed by atoms with Crippen LogP contribution in [0.3, 0.4) is 0 Å². The predicted octanol–water partition coefficient (Wildman–Crippen LogP) is 2.45. The van der Waals surface area contributed by atoms with Crippen molar-refractivity contribution in [3.05, 3.63) is 22.8 Å². The molecule has 0 atom stereocenters. The van der Waals surface area contributed by atoms with Crippen molar-refractivity contribution in [2.24, 2.45) is 0 Å². The molecule has 0 aromatic heterocycles. The second kappa shape index (κ2) is 6.23. The van der Waals surface area contributed by atoms with Crippen molar-refractivity contribution in [3.63, 3.8) is 0 Å². The first-order chi connectivity index (χ1) is 8.06. The highest BCUT2D eigenvalue weighted by Gasteiger charge is 2.23. The first-order valence-electron chi connectivity index (χ1n) is 5.87. The Morgan fingerprint density at radius 1 is 1.41 bits per heavy atom. The molecule has 0 bridgehead atoms. The van der Waals surface area contributed by atoms with E-state index in [-0.39, 0.29) is 5.57 Å². The molecule has 4 nitrogen and oxygen atoms in total. The normalized spacial score (nSPS) is 14.5. The van der Waals surface area contributed by atoms with Crippen LogP contribution < -0.4 is 0 Å². The number of carbonyl (C=O) groups excluding carboxylic acids is 1. The Kier molecular flexibility index (Phi) is 4.94. The van der Waals surface area contributed by atoms with Gasteiger partial charge < -0.3 is 9.84 Å². The van der Waals surface area contributed by atoms with Crippen molar-refractivity contribution < 1.29 is 19.4 Å². The van der Waals surface area contributed by atoms with Gasteiger partial charge in [0, 0.05) is 5.57 Å². The van der Waals surface area contributed by atoms with Crippen LogP contribution in [0.4, 0.5) is 0 Å². The number of ether oxygens (including phenoxy) is 1. The molecule has 94 valence electrons. The summed E-state index contributed by atoms with van der Waals surface area (Å²) in [4.78, 5) is 22.5. The van der Waals surface area contributed by atoms with Gasteiger partial charge in [-0.3, -0.25) is 0 Å². The van der Waals surface area contributed by atoms with Gasteiger partial charge in [0.05, 0.1) is 12.2 Å². The molecule has 1 aliphatic carbocycles. The standard InChI is InChI=1S/C13H18O4/c1-3-4-7-17-13(16)11(10-5-6-10)8-9(2)12(14)15/h8H,3-7H2,1-2H3,(H,14,15). The molecule has 0 heterocycles. The van der Waals surface area contributed by atoms with Crippen LogP contribution in [0.25, 0.3) is 0 Å². The van der Waals surface area contributed by atoms with Crippen molar-refractivity contribution in [2.45, 2.75) is 39.5 Å². The summed E-state index contributed by atoms with van der Waals surface area (Å²) in [7, 11) is 0. The quantitative estimate of drug-likeness (QED) is 0.438. The maximum Gasteiger partial charge on any atom is 0.338 e. The summed E-state index contributed by atoms with van der Waals surface area (Å²) in [5, 5.41) is 8.79. The number of allylic oxidation sites excluding steroid dienone is 1. The van der Waals surface area contributed by atoms with Crippen molar-refractivity contribution in [3.8, 4) is 0 Å². The molecule has 1 rings (SSSR count). The molecule has 0 aromatic rings. The van der Waals surface area contributed by atoms with Gasteiger partial charge in [-0.05, 0) is 32.3 Å². The minimum absolute atomic E-state index is 0.159. The fourth-order valence-electron chi connectivity index (χ4n) is 1.30. The predicted molar refractivity (Wildman–Crippen MR) is 63.5 cm³/mol. The SMILES string of the molecule is CCCCOC(=O)C(C=C(C)C(=O)O)=C1CC1. The van der Waals surface area contributed by atoms with Crippen molar-refractivity contribution in [1.29, 1.82) is 0 Å². The molecule has 0 aliphatic heterocycles. The molecule has 4 heteroatoms. The van der Waals surface area contributed by atoms with E-state index in [9.17, 15) is 9.59 Å². The Morgan fingerprint density at radius 3 is 2.53 bits per heavy atom. The maximum absolute atomic E-state index is 11.7. The van der Waals surface area contributed by atoms with Crippen molar-refractivity contribution in [2.75, 3.05) is 6.61 Å². The zero-order valence-electron chi connectivity index (χ0n) is 10.3. The molecular formula is C13H18O4. The van der Waals surface area contributed by atoms with Gasteiger partial charge in [-0.1, -0.05) is 18.9 Å². The van der Waals surface area contributed by atoms with Crippen LogP contribution in [-0.2, 0) is 14.3 Å². The monoisotopic (exact) mass is 238 g/mol. The fourth-order valence-corrected chi connectivity index (χ4v) is 1.30.